The van der Waals surface area contributed by atoms with Gasteiger partial charge in [-0.3, -0.25) is 4.70 Å². The molecule has 0 heterocycles. The van der Waals surface area contributed by atoms with E-state index >= 15 is 0 Å². The van der Waals surface area contributed by atoms with Crippen LogP contribution in [0.3, 0.4) is 0 Å². The van der Waals surface area contributed by atoms with Crippen LogP contribution in [0.4, 0.5) is 4.70 Å². The summed E-state index contributed by atoms with van der Waals surface area (Å²) in [5.74, 6) is 0. The van der Waals surface area contributed by atoms with Crippen molar-refractivity contribution in [2.24, 2.45) is 5.73 Å². The van der Waals surface area contributed by atoms with Gasteiger partial charge in [-0.15, -0.1) is 0 Å². The van der Waals surface area contributed by atoms with Gasteiger partial charge >= 0.3 is 0 Å². The number of unbranched alkanes of at least 4 members (excludes halogenated alkanes) is 5. The average molecular weight is 149 g/mol. The second-order valence-electron chi connectivity index (χ2n) is 2.56. The molecule has 0 saturated carbocycles. The molecular weight excluding hydrogens is 129 g/mol. The lowest BCUT2D eigenvalue weighted by molar-refractivity contribution is 0.612. The molecule has 0 rings (SSSR count). The lowest BCUT2D eigenvalue weighted by Crippen LogP contribution is -1.97. The Kier molecular flexibility index (Phi) is 14.6. The summed E-state index contributed by atoms with van der Waals surface area (Å²) in [6.07, 6.45) is 8.05. The molecule has 1 nitrogen and oxygen atoms in total. The summed E-state index contributed by atoms with van der Waals surface area (Å²) < 4.78 is 0. The Morgan fingerprint density at radius 1 is 0.900 bits per heavy atom. The van der Waals surface area contributed by atoms with Crippen LogP contribution in [0.5, 0.6) is 0 Å². The Balaban J connectivity index is 0. The third kappa shape index (κ3) is 10.8. The highest BCUT2D eigenvalue weighted by Crippen LogP contribution is 2.03. The van der Waals surface area contributed by atoms with Gasteiger partial charge < -0.3 is 5.73 Å². The lowest BCUT2D eigenvalue weighted by Gasteiger charge is -1.96. The number of hydrogen-bond acceptors (Lipinski definition) is 1. The minimum atomic E-state index is 0. The fourth-order valence-corrected chi connectivity index (χ4v) is 0.925. The van der Waals surface area contributed by atoms with E-state index in [1.807, 2.05) is 0 Å². The van der Waals surface area contributed by atoms with Crippen molar-refractivity contribution < 1.29 is 4.70 Å². The molecule has 0 aliphatic rings. The summed E-state index contributed by atoms with van der Waals surface area (Å²) in [7, 11) is 0. The molecule has 0 aromatic rings. The van der Waals surface area contributed by atoms with Crippen LogP contribution in [-0.4, -0.2) is 6.54 Å². The molecule has 2 N–H and O–H groups in total. The largest absolute Gasteiger partial charge is 0.330 e. The zero-order valence-electron chi connectivity index (χ0n) is 6.94. The van der Waals surface area contributed by atoms with Crippen molar-refractivity contribution >= 4 is 0 Å². The molecular formula is C8H20FN. The summed E-state index contributed by atoms with van der Waals surface area (Å²) in [5.41, 5.74) is 5.34. The smallest absolute Gasteiger partial charge is 0.00773 e. The molecule has 0 fully saturated rings. The van der Waals surface area contributed by atoms with Crippen molar-refractivity contribution in [3.8, 4) is 0 Å². The van der Waals surface area contributed by atoms with Gasteiger partial charge in [0.25, 0.3) is 0 Å². The molecule has 0 amide bonds. The predicted octanol–water partition coefficient (Wildman–Crippen LogP) is 2.46. The van der Waals surface area contributed by atoms with E-state index < -0.39 is 0 Å². The van der Waals surface area contributed by atoms with Gasteiger partial charge in [0.2, 0.25) is 0 Å². The molecule has 64 valence electrons. The maximum Gasteiger partial charge on any atom is -0.00773 e. The van der Waals surface area contributed by atoms with Gasteiger partial charge in [-0.25, -0.2) is 0 Å². The van der Waals surface area contributed by atoms with Crippen LogP contribution in [0.15, 0.2) is 0 Å². The Morgan fingerprint density at radius 2 is 1.40 bits per heavy atom. The van der Waals surface area contributed by atoms with E-state index in [1.54, 1.807) is 0 Å². The lowest BCUT2D eigenvalue weighted by atomic mass is 10.1. The molecule has 0 spiro atoms. The molecule has 0 radical (unpaired) electrons. The van der Waals surface area contributed by atoms with Crippen LogP contribution < -0.4 is 5.73 Å². The zero-order chi connectivity index (χ0) is 6.95. The molecule has 0 unspecified atom stereocenters. The Labute approximate surface area is 63.4 Å². The molecule has 0 aliphatic carbocycles. The normalized spacial score (nSPS) is 9.00. The number of halogens is 1. The SMILES string of the molecule is CCCCCCCCN.F. The summed E-state index contributed by atoms with van der Waals surface area (Å²) in [6.45, 7) is 3.11. The fraction of sp³-hybridized carbons (Fsp3) is 1.00. The molecule has 10 heavy (non-hydrogen) atoms. The van der Waals surface area contributed by atoms with Crippen LogP contribution in [0.25, 0.3) is 0 Å². The first-order valence-electron chi connectivity index (χ1n) is 4.12. The quantitative estimate of drug-likeness (QED) is 0.577. The minimum Gasteiger partial charge on any atom is -0.330 e. The molecule has 0 aromatic heterocycles. The van der Waals surface area contributed by atoms with Crippen molar-refractivity contribution in [1.29, 1.82) is 0 Å². The third-order valence-electron chi connectivity index (χ3n) is 1.56. The Hall–Kier alpha value is -0.110. The van der Waals surface area contributed by atoms with Crippen molar-refractivity contribution in [1.82, 2.24) is 0 Å². The number of hydrogen-bond donors (Lipinski definition) is 1. The molecule has 2 heteroatoms. The standard InChI is InChI=1S/C8H19N.FH/c1-2-3-4-5-6-7-8-9;/h2-9H2,1H3;1H. The minimum absolute atomic E-state index is 0. The van der Waals surface area contributed by atoms with E-state index in [2.05, 4.69) is 6.92 Å². The Bertz CT molecular complexity index is 42.5. The van der Waals surface area contributed by atoms with E-state index in [9.17, 15) is 0 Å². The zero-order valence-corrected chi connectivity index (χ0v) is 6.94. The third-order valence-corrected chi connectivity index (χ3v) is 1.56. The summed E-state index contributed by atoms with van der Waals surface area (Å²) in [5, 5.41) is 0. The summed E-state index contributed by atoms with van der Waals surface area (Å²) >= 11 is 0. The van der Waals surface area contributed by atoms with Crippen molar-refractivity contribution in [3.63, 3.8) is 0 Å². The van der Waals surface area contributed by atoms with Gasteiger partial charge in [-0.1, -0.05) is 39.0 Å². The van der Waals surface area contributed by atoms with Crippen LogP contribution in [0, 0.1) is 0 Å². The first kappa shape index (κ1) is 12.6. The maximum atomic E-state index is 5.34. The van der Waals surface area contributed by atoms with Gasteiger partial charge in [-0.2, -0.15) is 0 Å². The second-order valence-corrected chi connectivity index (χ2v) is 2.56. The fourth-order valence-electron chi connectivity index (χ4n) is 0.925. The van der Waals surface area contributed by atoms with Gasteiger partial charge in [0.15, 0.2) is 0 Å². The molecule has 0 aliphatic heterocycles. The maximum absolute atomic E-state index is 5.34. The molecule has 0 saturated heterocycles. The Morgan fingerprint density at radius 3 is 1.90 bits per heavy atom. The number of nitrogens with two attached hydrogens (primary N) is 1. The highest BCUT2D eigenvalue weighted by Gasteiger charge is 1.85. The van der Waals surface area contributed by atoms with Crippen molar-refractivity contribution in [2.45, 2.75) is 45.4 Å². The molecule has 0 atom stereocenters. The van der Waals surface area contributed by atoms with Gasteiger partial charge in [0.05, 0.1) is 0 Å². The van der Waals surface area contributed by atoms with E-state index in [0.717, 1.165) is 6.54 Å². The van der Waals surface area contributed by atoms with Crippen LogP contribution in [-0.2, 0) is 0 Å². The topological polar surface area (TPSA) is 26.0 Å². The molecule has 0 aromatic carbocycles. The summed E-state index contributed by atoms with van der Waals surface area (Å²) in [4.78, 5) is 0. The van der Waals surface area contributed by atoms with Crippen LogP contribution >= 0.6 is 0 Å². The predicted molar refractivity (Wildman–Crippen MR) is 44.9 cm³/mol. The highest BCUT2D eigenvalue weighted by atomic mass is 19.0. The van der Waals surface area contributed by atoms with E-state index in [1.165, 1.54) is 38.5 Å². The van der Waals surface area contributed by atoms with Crippen LogP contribution in [0.2, 0.25) is 0 Å². The van der Waals surface area contributed by atoms with Gasteiger partial charge in [-0.05, 0) is 13.0 Å². The molecule has 0 bridgehead atoms. The second kappa shape index (κ2) is 11.7. The van der Waals surface area contributed by atoms with E-state index in [-0.39, 0.29) is 4.70 Å². The van der Waals surface area contributed by atoms with Gasteiger partial charge in [0, 0.05) is 0 Å². The highest BCUT2D eigenvalue weighted by molar-refractivity contribution is 4.43. The van der Waals surface area contributed by atoms with Crippen LogP contribution in [0.1, 0.15) is 45.4 Å². The monoisotopic (exact) mass is 149 g/mol. The first-order valence-corrected chi connectivity index (χ1v) is 4.12. The summed E-state index contributed by atoms with van der Waals surface area (Å²) in [6, 6.07) is 0. The van der Waals surface area contributed by atoms with E-state index in [0.29, 0.717) is 0 Å². The first-order chi connectivity index (χ1) is 4.41. The van der Waals surface area contributed by atoms with Crippen molar-refractivity contribution in [3.05, 3.63) is 0 Å². The van der Waals surface area contributed by atoms with E-state index in [4.69, 9.17) is 5.73 Å². The van der Waals surface area contributed by atoms with Crippen molar-refractivity contribution in [2.75, 3.05) is 6.54 Å². The number of rotatable bonds is 6. The average Bonchev–Trinajstić information content (AvgIpc) is 1.89. The van der Waals surface area contributed by atoms with Gasteiger partial charge in [0.1, 0.15) is 0 Å².